The van der Waals surface area contributed by atoms with Crippen molar-refractivity contribution >= 4 is 5.97 Å². The minimum absolute atomic E-state index is 0.0441. The van der Waals surface area contributed by atoms with Crippen LogP contribution in [0.1, 0.15) is 33.6 Å². The predicted molar refractivity (Wildman–Crippen MR) is 57.7 cm³/mol. The van der Waals surface area contributed by atoms with Gasteiger partial charge >= 0.3 is 5.97 Å². The zero-order valence-electron chi connectivity index (χ0n) is 9.79. The van der Waals surface area contributed by atoms with Crippen molar-refractivity contribution in [1.82, 2.24) is 5.32 Å². The Morgan fingerprint density at radius 3 is 2.80 bits per heavy atom. The molecule has 0 aromatic heterocycles. The van der Waals surface area contributed by atoms with E-state index in [1.165, 1.54) is 0 Å². The third-order valence-electron chi connectivity index (χ3n) is 2.46. The summed E-state index contributed by atoms with van der Waals surface area (Å²) in [6.45, 7) is 6.84. The standard InChI is InChI=1S/C11H21NO3/c1-8(2)15-11(13)7-12-9(3)10-5-4-6-14-10/h8-10,12H,4-7H2,1-3H3. The van der Waals surface area contributed by atoms with E-state index in [-0.39, 0.29) is 30.8 Å². The molecular weight excluding hydrogens is 194 g/mol. The Labute approximate surface area is 91.3 Å². The van der Waals surface area contributed by atoms with Crippen molar-refractivity contribution in [2.75, 3.05) is 13.2 Å². The van der Waals surface area contributed by atoms with Crippen LogP contribution in [0.25, 0.3) is 0 Å². The number of carbonyl (C=O) groups excluding carboxylic acids is 1. The first-order valence-electron chi connectivity index (χ1n) is 5.64. The van der Waals surface area contributed by atoms with Crippen molar-refractivity contribution < 1.29 is 14.3 Å². The zero-order valence-corrected chi connectivity index (χ0v) is 9.79. The predicted octanol–water partition coefficient (Wildman–Crippen LogP) is 1.10. The molecule has 1 aliphatic rings. The highest BCUT2D eigenvalue weighted by atomic mass is 16.5. The summed E-state index contributed by atoms with van der Waals surface area (Å²) in [5.74, 6) is -0.199. The van der Waals surface area contributed by atoms with Gasteiger partial charge in [-0.3, -0.25) is 4.79 Å². The summed E-state index contributed by atoms with van der Waals surface area (Å²) in [4.78, 5) is 11.2. The van der Waals surface area contributed by atoms with Crippen molar-refractivity contribution in [3.63, 3.8) is 0 Å². The number of carbonyl (C=O) groups is 1. The molecule has 0 bridgehead atoms. The highest BCUT2D eigenvalue weighted by Crippen LogP contribution is 2.15. The van der Waals surface area contributed by atoms with Gasteiger partial charge in [-0.2, -0.15) is 0 Å². The van der Waals surface area contributed by atoms with Crippen LogP contribution < -0.4 is 5.32 Å². The quantitative estimate of drug-likeness (QED) is 0.698. The minimum Gasteiger partial charge on any atom is -0.462 e. The summed E-state index contributed by atoms with van der Waals surface area (Å²) in [6.07, 6.45) is 2.40. The average Bonchev–Trinajstić information content (AvgIpc) is 2.65. The van der Waals surface area contributed by atoms with Gasteiger partial charge in [-0.1, -0.05) is 0 Å². The summed E-state index contributed by atoms with van der Waals surface area (Å²) in [5, 5.41) is 3.13. The van der Waals surface area contributed by atoms with E-state index in [0.29, 0.717) is 0 Å². The van der Waals surface area contributed by atoms with Crippen molar-refractivity contribution in [3.8, 4) is 0 Å². The molecule has 0 spiro atoms. The zero-order chi connectivity index (χ0) is 11.3. The number of esters is 1. The number of ether oxygens (including phenoxy) is 2. The van der Waals surface area contributed by atoms with E-state index in [2.05, 4.69) is 5.32 Å². The number of hydrogen-bond donors (Lipinski definition) is 1. The molecule has 4 nitrogen and oxygen atoms in total. The molecule has 1 fully saturated rings. The van der Waals surface area contributed by atoms with Gasteiger partial charge in [0.15, 0.2) is 0 Å². The van der Waals surface area contributed by atoms with Crippen LogP contribution in [-0.2, 0) is 14.3 Å². The van der Waals surface area contributed by atoms with Crippen LogP contribution in [0.3, 0.4) is 0 Å². The minimum atomic E-state index is -0.199. The fourth-order valence-corrected chi connectivity index (χ4v) is 1.68. The molecule has 1 N–H and O–H groups in total. The van der Waals surface area contributed by atoms with Gasteiger partial charge in [0.2, 0.25) is 0 Å². The lowest BCUT2D eigenvalue weighted by Crippen LogP contribution is -2.40. The largest absolute Gasteiger partial charge is 0.462 e. The summed E-state index contributed by atoms with van der Waals surface area (Å²) >= 11 is 0. The van der Waals surface area contributed by atoms with Crippen molar-refractivity contribution in [2.24, 2.45) is 0 Å². The Morgan fingerprint density at radius 2 is 2.27 bits per heavy atom. The van der Waals surface area contributed by atoms with Gasteiger partial charge in [-0.05, 0) is 33.6 Å². The van der Waals surface area contributed by atoms with E-state index in [9.17, 15) is 4.79 Å². The molecule has 1 aliphatic heterocycles. The van der Waals surface area contributed by atoms with E-state index in [0.717, 1.165) is 19.4 Å². The molecule has 0 radical (unpaired) electrons. The molecule has 0 aliphatic carbocycles. The first kappa shape index (κ1) is 12.5. The van der Waals surface area contributed by atoms with E-state index < -0.39 is 0 Å². The second-order valence-electron chi connectivity index (χ2n) is 4.26. The molecule has 1 heterocycles. The average molecular weight is 215 g/mol. The Balaban J connectivity index is 2.15. The van der Waals surface area contributed by atoms with Crippen molar-refractivity contribution in [1.29, 1.82) is 0 Å². The Hall–Kier alpha value is -0.610. The van der Waals surface area contributed by atoms with Gasteiger partial charge in [0.1, 0.15) is 0 Å². The smallest absolute Gasteiger partial charge is 0.320 e. The van der Waals surface area contributed by atoms with Crippen molar-refractivity contribution in [3.05, 3.63) is 0 Å². The van der Waals surface area contributed by atoms with Crippen LogP contribution in [0.15, 0.2) is 0 Å². The van der Waals surface area contributed by atoms with Gasteiger partial charge in [-0.25, -0.2) is 0 Å². The molecule has 2 unspecified atom stereocenters. The Kier molecular flexibility index (Phi) is 5.05. The van der Waals surface area contributed by atoms with E-state index in [1.807, 2.05) is 20.8 Å². The first-order valence-corrected chi connectivity index (χ1v) is 5.64. The maximum Gasteiger partial charge on any atom is 0.320 e. The monoisotopic (exact) mass is 215 g/mol. The van der Waals surface area contributed by atoms with Crippen LogP contribution in [0.2, 0.25) is 0 Å². The maximum atomic E-state index is 11.2. The lowest BCUT2D eigenvalue weighted by Gasteiger charge is -2.19. The molecule has 0 aromatic carbocycles. The van der Waals surface area contributed by atoms with E-state index in [4.69, 9.17) is 9.47 Å². The normalized spacial score (nSPS) is 23.1. The summed E-state index contributed by atoms with van der Waals surface area (Å²) < 4.78 is 10.5. The van der Waals surface area contributed by atoms with Crippen LogP contribution >= 0.6 is 0 Å². The Morgan fingerprint density at radius 1 is 1.53 bits per heavy atom. The molecule has 88 valence electrons. The first-order chi connectivity index (χ1) is 7.09. The highest BCUT2D eigenvalue weighted by molar-refractivity contribution is 5.71. The van der Waals surface area contributed by atoms with Crippen LogP contribution in [0, 0.1) is 0 Å². The SMILES string of the molecule is CC(C)OC(=O)CNC(C)C1CCCO1. The molecule has 15 heavy (non-hydrogen) atoms. The van der Waals surface area contributed by atoms with Crippen LogP contribution in [-0.4, -0.2) is 37.4 Å². The summed E-state index contributed by atoms with van der Waals surface area (Å²) in [6, 6.07) is 0.215. The lowest BCUT2D eigenvalue weighted by atomic mass is 10.1. The highest BCUT2D eigenvalue weighted by Gasteiger charge is 2.22. The van der Waals surface area contributed by atoms with E-state index in [1.54, 1.807) is 0 Å². The molecule has 4 heteroatoms. The molecule has 0 amide bonds. The molecule has 0 aromatic rings. The number of nitrogens with one attached hydrogen (secondary N) is 1. The summed E-state index contributed by atoms with van der Waals surface area (Å²) in [5.41, 5.74) is 0. The van der Waals surface area contributed by atoms with Crippen LogP contribution in [0.4, 0.5) is 0 Å². The molecule has 0 saturated carbocycles. The maximum absolute atomic E-state index is 11.2. The Bertz CT molecular complexity index is 200. The number of hydrogen-bond acceptors (Lipinski definition) is 4. The fourth-order valence-electron chi connectivity index (χ4n) is 1.68. The van der Waals surface area contributed by atoms with Crippen LogP contribution in [0.5, 0.6) is 0 Å². The molecule has 2 atom stereocenters. The topological polar surface area (TPSA) is 47.6 Å². The fraction of sp³-hybridized carbons (Fsp3) is 0.909. The van der Waals surface area contributed by atoms with Crippen molar-refractivity contribution in [2.45, 2.75) is 51.9 Å². The second kappa shape index (κ2) is 6.08. The van der Waals surface area contributed by atoms with Gasteiger partial charge in [0.25, 0.3) is 0 Å². The van der Waals surface area contributed by atoms with Gasteiger partial charge in [-0.15, -0.1) is 0 Å². The molecular formula is C11H21NO3. The third kappa shape index (κ3) is 4.62. The van der Waals surface area contributed by atoms with E-state index >= 15 is 0 Å². The second-order valence-corrected chi connectivity index (χ2v) is 4.26. The van der Waals surface area contributed by atoms with Gasteiger partial charge in [0, 0.05) is 12.6 Å². The van der Waals surface area contributed by atoms with Gasteiger partial charge < -0.3 is 14.8 Å². The lowest BCUT2D eigenvalue weighted by molar-refractivity contribution is -0.146. The summed E-state index contributed by atoms with van der Waals surface area (Å²) in [7, 11) is 0. The number of rotatable bonds is 5. The molecule has 1 saturated heterocycles. The molecule has 1 rings (SSSR count). The van der Waals surface area contributed by atoms with Gasteiger partial charge in [0.05, 0.1) is 18.8 Å². The third-order valence-corrected chi connectivity index (χ3v) is 2.46.